The molecule has 2 amide bonds. The summed E-state index contributed by atoms with van der Waals surface area (Å²) in [4.78, 5) is 23.2. The van der Waals surface area contributed by atoms with Crippen LogP contribution in [-0.2, 0) is 0 Å². The van der Waals surface area contributed by atoms with Crippen molar-refractivity contribution in [1.82, 2.24) is 10.9 Å². The molecular formula is C12H10N2O3S. The van der Waals surface area contributed by atoms with Gasteiger partial charge in [-0.2, -0.15) is 11.3 Å². The molecule has 0 saturated heterocycles. The molecule has 0 fully saturated rings. The van der Waals surface area contributed by atoms with Gasteiger partial charge in [-0.3, -0.25) is 20.4 Å². The highest BCUT2D eigenvalue weighted by atomic mass is 32.1. The van der Waals surface area contributed by atoms with Crippen LogP contribution in [0.1, 0.15) is 20.7 Å². The van der Waals surface area contributed by atoms with E-state index in [0.29, 0.717) is 5.56 Å². The first-order chi connectivity index (χ1) is 8.68. The summed E-state index contributed by atoms with van der Waals surface area (Å²) < 4.78 is 0. The van der Waals surface area contributed by atoms with Crippen molar-refractivity contribution in [1.29, 1.82) is 0 Å². The minimum absolute atomic E-state index is 0.100. The number of rotatable bonds is 2. The van der Waals surface area contributed by atoms with Gasteiger partial charge in [-0.15, -0.1) is 0 Å². The number of nitrogens with one attached hydrogen (secondary N) is 2. The predicted octanol–water partition coefficient (Wildman–Crippen LogP) is 1.53. The van der Waals surface area contributed by atoms with E-state index in [1.54, 1.807) is 29.0 Å². The summed E-state index contributed by atoms with van der Waals surface area (Å²) in [5.74, 6) is -1.11. The molecule has 0 unspecified atom stereocenters. The Morgan fingerprint density at radius 2 is 1.78 bits per heavy atom. The van der Waals surface area contributed by atoms with Crippen LogP contribution in [0.3, 0.4) is 0 Å². The van der Waals surface area contributed by atoms with Crippen molar-refractivity contribution in [2.45, 2.75) is 0 Å². The molecule has 2 aromatic rings. The molecule has 2 rings (SSSR count). The molecule has 6 heteroatoms. The molecule has 0 aliphatic rings. The van der Waals surface area contributed by atoms with Gasteiger partial charge < -0.3 is 5.11 Å². The lowest BCUT2D eigenvalue weighted by Crippen LogP contribution is -2.41. The Bertz CT molecular complexity index is 566. The Labute approximate surface area is 107 Å². The van der Waals surface area contributed by atoms with E-state index >= 15 is 0 Å². The zero-order chi connectivity index (χ0) is 13.0. The van der Waals surface area contributed by atoms with Crippen molar-refractivity contribution in [3.8, 4) is 5.75 Å². The van der Waals surface area contributed by atoms with E-state index in [0.717, 1.165) is 0 Å². The van der Waals surface area contributed by atoms with Gasteiger partial charge in [0.1, 0.15) is 5.75 Å². The zero-order valence-electron chi connectivity index (χ0n) is 9.21. The fourth-order valence-electron chi connectivity index (χ4n) is 1.31. The van der Waals surface area contributed by atoms with Gasteiger partial charge >= 0.3 is 0 Å². The van der Waals surface area contributed by atoms with E-state index in [9.17, 15) is 14.7 Å². The van der Waals surface area contributed by atoms with Crippen LogP contribution in [0.2, 0.25) is 0 Å². The third kappa shape index (κ3) is 2.67. The molecule has 1 aromatic heterocycles. The molecule has 0 radical (unpaired) electrons. The van der Waals surface area contributed by atoms with Crippen molar-refractivity contribution in [2.24, 2.45) is 0 Å². The predicted molar refractivity (Wildman–Crippen MR) is 67.4 cm³/mol. The first kappa shape index (κ1) is 12.1. The average molecular weight is 262 g/mol. The summed E-state index contributed by atoms with van der Waals surface area (Å²) in [5, 5.41) is 12.9. The Hall–Kier alpha value is -2.34. The van der Waals surface area contributed by atoms with E-state index in [1.165, 1.54) is 23.5 Å². The fourth-order valence-corrected chi connectivity index (χ4v) is 1.95. The van der Waals surface area contributed by atoms with Crippen LogP contribution in [0, 0.1) is 0 Å². The molecule has 5 nitrogen and oxygen atoms in total. The second kappa shape index (κ2) is 5.33. The van der Waals surface area contributed by atoms with E-state index < -0.39 is 11.8 Å². The molecule has 92 valence electrons. The molecule has 0 aliphatic carbocycles. The minimum Gasteiger partial charge on any atom is -0.507 e. The summed E-state index contributed by atoms with van der Waals surface area (Å²) in [6.45, 7) is 0. The van der Waals surface area contributed by atoms with Crippen LogP contribution >= 0.6 is 11.3 Å². The molecule has 1 heterocycles. The number of phenols is 1. The number of aromatic hydroxyl groups is 1. The lowest BCUT2D eigenvalue weighted by atomic mass is 10.2. The number of hydrazine groups is 1. The van der Waals surface area contributed by atoms with Crippen molar-refractivity contribution < 1.29 is 14.7 Å². The Balaban J connectivity index is 1.97. The first-order valence-electron chi connectivity index (χ1n) is 5.09. The van der Waals surface area contributed by atoms with E-state index in [4.69, 9.17) is 0 Å². The molecule has 18 heavy (non-hydrogen) atoms. The number of carbonyl (C=O) groups is 2. The zero-order valence-corrected chi connectivity index (χ0v) is 10.0. The second-order valence-corrected chi connectivity index (χ2v) is 4.22. The molecule has 0 aliphatic heterocycles. The highest BCUT2D eigenvalue weighted by Crippen LogP contribution is 2.14. The number of para-hydroxylation sites is 1. The normalized spacial score (nSPS) is 9.78. The lowest BCUT2D eigenvalue weighted by molar-refractivity contribution is 0.0845. The lowest BCUT2D eigenvalue weighted by Gasteiger charge is -2.07. The van der Waals surface area contributed by atoms with Crippen molar-refractivity contribution in [2.75, 3.05) is 0 Å². The number of benzene rings is 1. The molecule has 0 saturated carbocycles. The number of phenolic OH excluding ortho intramolecular Hbond substituents is 1. The summed E-state index contributed by atoms with van der Waals surface area (Å²) >= 11 is 1.39. The fraction of sp³-hybridized carbons (Fsp3) is 0. The van der Waals surface area contributed by atoms with Gasteiger partial charge in [0.25, 0.3) is 11.8 Å². The van der Waals surface area contributed by atoms with Crippen molar-refractivity contribution in [3.63, 3.8) is 0 Å². The Morgan fingerprint density at radius 1 is 1.06 bits per heavy atom. The Morgan fingerprint density at radius 3 is 2.44 bits per heavy atom. The number of hydrogen-bond acceptors (Lipinski definition) is 4. The van der Waals surface area contributed by atoms with Gasteiger partial charge in [0.2, 0.25) is 0 Å². The third-order valence-electron chi connectivity index (χ3n) is 2.22. The highest BCUT2D eigenvalue weighted by Gasteiger charge is 2.11. The largest absolute Gasteiger partial charge is 0.507 e. The molecule has 1 aromatic carbocycles. The molecule has 0 spiro atoms. The summed E-state index contributed by atoms with van der Waals surface area (Å²) in [6.07, 6.45) is 0. The van der Waals surface area contributed by atoms with Crippen LogP contribution in [0.25, 0.3) is 0 Å². The standard InChI is InChI=1S/C12H10N2O3S/c15-10-4-2-1-3-9(10)12(17)14-13-11(16)8-5-6-18-7-8/h1-7,15H,(H,13,16)(H,14,17). The number of hydrogen-bond donors (Lipinski definition) is 3. The molecule has 3 N–H and O–H groups in total. The van der Waals surface area contributed by atoms with Crippen LogP contribution < -0.4 is 10.9 Å². The van der Waals surface area contributed by atoms with Crippen molar-refractivity contribution in [3.05, 3.63) is 52.2 Å². The SMILES string of the molecule is O=C(NNC(=O)c1ccccc1O)c1ccsc1. The number of carbonyl (C=O) groups excluding carboxylic acids is 2. The van der Waals surface area contributed by atoms with Gasteiger partial charge in [0.15, 0.2) is 0 Å². The maximum absolute atomic E-state index is 11.7. The molecular weight excluding hydrogens is 252 g/mol. The quantitative estimate of drug-likeness (QED) is 0.718. The topological polar surface area (TPSA) is 78.4 Å². The minimum atomic E-state index is -0.573. The summed E-state index contributed by atoms with van der Waals surface area (Å²) in [5.41, 5.74) is 5.07. The summed E-state index contributed by atoms with van der Waals surface area (Å²) in [6, 6.07) is 7.73. The highest BCUT2D eigenvalue weighted by molar-refractivity contribution is 7.08. The van der Waals surface area contributed by atoms with Crippen LogP contribution in [0.15, 0.2) is 41.1 Å². The van der Waals surface area contributed by atoms with Gasteiger partial charge in [-0.05, 0) is 23.6 Å². The number of amides is 2. The number of thiophene rings is 1. The maximum Gasteiger partial charge on any atom is 0.273 e. The van der Waals surface area contributed by atoms with Crippen LogP contribution in [-0.4, -0.2) is 16.9 Å². The van der Waals surface area contributed by atoms with E-state index in [2.05, 4.69) is 10.9 Å². The van der Waals surface area contributed by atoms with Gasteiger partial charge in [-0.1, -0.05) is 12.1 Å². The molecule has 0 atom stereocenters. The maximum atomic E-state index is 11.7. The van der Waals surface area contributed by atoms with Gasteiger partial charge in [0.05, 0.1) is 11.1 Å². The molecule has 0 bridgehead atoms. The monoisotopic (exact) mass is 262 g/mol. The van der Waals surface area contributed by atoms with Crippen LogP contribution in [0.4, 0.5) is 0 Å². The van der Waals surface area contributed by atoms with Crippen molar-refractivity contribution >= 4 is 23.2 Å². The van der Waals surface area contributed by atoms with E-state index in [-0.39, 0.29) is 11.3 Å². The Kier molecular flexibility index (Phi) is 3.59. The second-order valence-electron chi connectivity index (χ2n) is 3.44. The average Bonchev–Trinajstić information content (AvgIpc) is 2.90. The third-order valence-corrected chi connectivity index (χ3v) is 2.90. The van der Waals surface area contributed by atoms with E-state index in [1.807, 2.05) is 0 Å². The smallest absolute Gasteiger partial charge is 0.273 e. The van der Waals surface area contributed by atoms with Gasteiger partial charge in [-0.25, -0.2) is 0 Å². The first-order valence-corrected chi connectivity index (χ1v) is 6.03. The van der Waals surface area contributed by atoms with Gasteiger partial charge in [0, 0.05) is 5.38 Å². The van der Waals surface area contributed by atoms with Crippen LogP contribution in [0.5, 0.6) is 5.75 Å². The summed E-state index contributed by atoms with van der Waals surface area (Å²) in [7, 11) is 0.